The lowest BCUT2D eigenvalue weighted by Crippen LogP contribution is -2.19. The van der Waals surface area contributed by atoms with Crippen molar-refractivity contribution in [3.05, 3.63) is 67.8 Å². The lowest BCUT2D eigenvalue weighted by atomic mass is 10.1. The van der Waals surface area contributed by atoms with E-state index < -0.39 is 0 Å². The molecule has 3 heterocycles. The van der Waals surface area contributed by atoms with Crippen LogP contribution in [-0.2, 0) is 17.9 Å². The number of nitrogens with zero attached hydrogens (tertiary/aromatic N) is 2. The average Bonchev–Trinajstić information content (AvgIpc) is 3.29. The molecule has 8 heteroatoms. The van der Waals surface area contributed by atoms with E-state index >= 15 is 0 Å². The molecule has 0 spiro atoms. The fourth-order valence-electron chi connectivity index (χ4n) is 2.83. The van der Waals surface area contributed by atoms with Gasteiger partial charge in [0.2, 0.25) is 0 Å². The Morgan fingerprint density at radius 1 is 1.20 bits per heavy atom. The van der Waals surface area contributed by atoms with Gasteiger partial charge in [0.1, 0.15) is 0 Å². The molecule has 0 unspecified atom stereocenters. The minimum atomic E-state index is -0.0897. The van der Waals surface area contributed by atoms with E-state index in [0.717, 1.165) is 26.9 Å². The van der Waals surface area contributed by atoms with Gasteiger partial charge in [-0.1, -0.05) is 34.8 Å². The van der Waals surface area contributed by atoms with Crippen molar-refractivity contribution in [2.75, 3.05) is 0 Å². The van der Waals surface area contributed by atoms with Crippen molar-refractivity contribution in [1.29, 1.82) is 0 Å². The predicted molar refractivity (Wildman–Crippen MR) is 105 cm³/mol. The molecule has 4 rings (SSSR count). The maximum absolute atomic E-state index is 6.28. The number of hydrogen-bond donors (Lipinski definition) is 0. The largest absolute Gasteiger partial charge is 0.367 e. The summed E-state index contributed by atoms with van der Waals surface area (Å²) in [6.45, 7) is 1.25. The summed E-state index contributed by atoms with van der Waals surface area (Å²) in [4.78, 5) is 5.23. The van der Waals surface area contributed by atoms with Gasteiger partial charge in [0.25, 0.3) is 0 Å². The van der Waals surface area contributed by atoms with Gasteiger partial charge in [-0.05, 0) is 29.1 Å². The molecule has 2 aromatic heterocycles. The van der Waals surface area contributed by atoms with Crippen molar-refractivity contribution in [3.63, 3.8) is 0 Å². The fourth-order valence-corrected chi connectivity index (χ4v) is 5.55. The first-order valence-corrected chi connectivity index (χ1v) is 10.5. The highest BCUT2D eigenvalue weighted by atomic mass is 35.5. The van der Waals surface area contributed by atoms with Crippen molar-refractivity contribution in [2.24, 2.45) is 0 Å². The van der Waals surface area contributed by atoms with Crippen LogP contribution in [0.1, 0.15) is 17.2 Å². The van der Waals surface area contributed by atoms with E-state index in [4.69, 9.17) is 39.5 Å². The van der Waals surface area contributed by atoms with E-state index in [-0.39, 0.29) is 11.4 Å². The summed E-state index contributed by atoms with van der Waals surface area (Å²) in [5, 5.41) is 3.29. The van der Waals surface area contributed by atoms with Gasteiger partial charge in [-0.25, -0.2) is 4.98 Å². The molecule has 0 saturated heterocycles. The zero-order valence-electron chi connectivity index (χ0n) is 12.9. The zero-order valence-corrected chi connectivity index (χ0v) is 16.8. The highest BCUT2D eigenvalue weighted by molar-refractivity contribution is 8.00. The topological polar surface area (TPSA) is 27.1 Å². The minimum Gasteiger partial charge on any atom is -0.367 e. The zero-order chi connectivity index (χ0) is 17.4. The smallest absolute Gasteiger partial charge is 0.0983 e. The minimum absolute atomic E-state index is 0.0897. The third-order valence-electron chi connectivity index (χ3n) is 4.04. The molecule has 0 amide bonds. The molecular weight excluding hydrogens is 419 g/mol. The molecule has 0 saturated carbocycles. The highest BCUT2D eigenvalue weighted by Gasteiger charge is 2.35. The van der Waals surface area contributed by atoms with E-state index in [1.54, 1.807) is 18.0 Å². The Kier molecular flexibility index (Phi) is 5.32. The van der Waals surface area contributed by atoms with Crippen LogP contribution < -0.4 is 0 Å². The van der Waals surface area contributed by atoms with Crippen LogP contribution in [-0.4, -0.2) is 14.8 Å². The van der Waals surface area contributed by atoms with Crippen molar-refractivity contribution >= 4 is 57.9 Å². The second kappa shape index (κ2) is 7.51. The Bertz CT molecular complexity index is 882. The number of rotatable bonds is 5. The Hall–Kier alpha value is -0.690. The van der Waals surface area contributed by atoms with Gasteiger partial charge in [-0.3, -0.25) is 0 Å². The number of benzene rings is 1. The number of ether oxygens (including phenoxy) is 1. The average molecular weight is 432 g/mol. The number of imidazole rings is 1. The molecule has 0 radical (unpaired) electrons. The van der Waals surface area contributed by atoms with Crippen molar-refractivity contribution in [1.82, 2.24) is 9.55 Å². The first-order chi connectivity index (χ1) is 12.1. The number of halogens is 3. The van der Waals surface area contributed by atoms with Gasteiger partial charge < -0.3 is 9.30 Å². The van der Waals surface area contributed by atoms with Crippen LogP contribution in [0.4, 0.5) is 0 Å². The van der Waals surface area contributed by atoms with Gasteiger partial charge in [0, 0.05) is 29.4 Å². The lowest BCUT2D eigenvalue weighted by Gasteiger charge is -2.21. The van der Waals surface area contributed by atoms with E-state index in [0.29, 0.717) is 16.7 Å². The quantitative estimate of drug-likeness (QED) is 0.472. The predicted octanol–water partition coefficient (Wildman–Crippen LogP) is 6.34. The summed E-state index contributed by atoms with van der Waals surface area (Å²) in [5.74, 6) is 0. The number of aromatic nitrogens is 2. The summed E-state index contributed by atoms with van der Waals surface area (Å²) in [6.07, 6.45) is 5.46. The number of thiophene rings is 1. The molecule has 0 fully saturated rings. The number of hydrogen-bond acceptors (Lipinski definition) is 4. The van der Waals surface area contributed by atoms with Crippen LogP contribution in [0.25, 0.3) is 0 Å². The van der Waals surface area contributed by atoms with E-state index in [2.05, 4.69) is 9.55 Å². The molecule has 3 aromatic rings. The molecule has 1 aliphatic rings. The molecule has 3 nitrogen and oxygen atoms in total. The van der Waals surface area contributed by atoms with Crippen LogP contribution in [0.15, 0.2) is 47.2 Å². The third kappa shape index (κ3) is 3.72. The Labute approximate surface area is 168 Å². The van der Waals surface area contributed by atoms with Crippen LogP contribution in [0.5, 0.6) is 0 Å². The van der Waals surface area contributed by atoms with Gasteiger partial charge >= 0.3 is 0 Å². The standard InChI is InChI=1S/C17H13Cl3N2OS2/c18-12-5-11-14(6-13(12)19)25-15(7-22-3-2-21-9-22)16(11)23-8-10-1-4-24-17(10)20/h1-6,9,15-16H,7-8H2/t15-,16-/m1/s1. The Balaban J connectivity index is 1.61. The van der Waals surface area contributed by atoms with Gasteiger partial charge in [0.05, 0.1) is 38.7 Å². The molecule has 1 aliphatic heterocycles. The molecule has 1 aromatic carbocycles. The van der Waals surface area contributed by atoms with Crippen molar-refractivity contribution < 1.29 is 4.74 Å². The van der Waals surface area contributed by atoms with Crippen LogP contribution in [0, 0.1) is 0 Å². The van der Waals surface area contributed by atoms with Gasteiger partial charge in [0.15, 0.2) is 0 Å². The molecular formula is C17H13Cl3N2OS2. The number of fused-ring (bicyclic) bond motifs is 1. The Morgan fingerprint density at radius 2 is 2.04 bits per heavy atom. The summed E-state index contributed by atoms with van der Waals surface area (Å²) in [7, 11) is 0. The van der Waals surface area contributed by atoms with Crippen LogP contribution in [0.2, 0.25) is 14.4 Å². The normalized spacial score (nSPS) is 19.3. The number of thioether (sulfide) groups is 1. The van der Waals surface area contributed by atoms with Crippen molar-refractivity contribution in [2.45, 2.75) is 29.4 Å². The van der Waals surface area contributed by atoms with Gasteiger partial charge in [-0.15, -0.1) is 23.1 Å². The molecule has 0 aliphatic carbocycles. The maximum atomic E-state index is 6.28. The van der Waals surface area contributed by atoms with E-state index in [9.17, 15) is 0 Å². The SMILES string of the molecule is Clc1cc2c(cc1Cl)[C@@H](OCc1ccsc1Cl)[C@@H](Cn1ccnc1)S2. The second-order valence-corrected chi connectivity index (χ2v) is 9.28. The first kappa shape index (κ1) is 17.7. The Morgan fingerprint density at radius 3 is 2.76 bits per heavy atom. The molecule has 2 atom stereocenters. The van der Waals surface area contributed by atoms with Crippen molar-refractivity contribution in [3.8, 4) is 0 Å². The van der Waals surface area contributed by atoms with E-state index in [1.165, 1.54) is 11.3 Å². The van der Waals surface area contributed by atoms with Crippen LogP contribution in [0.3, 0.4) is 0 Å². The molecule has 130 valence electrons. The van der Waals surface area contributed by atoms with Crippen LogP contribution >= 0.6 is 57.9 Å². The molecule has 25 heavy (non-hydrogen) atoms. The third-order valence-corrected chi connectivity index (χ3v) is 7.32. The highest BCUT2D eigenvalue weighted by Crippen LogP contribution is 2.49. The summed E-state index contributed by atoms with van der Waals surface area (Å²) < 4.78 is 9.10. The second-order valence-electron chi connectivity index (χ2n) is 5.67. The first-order valence-electron chi connectivity index (χ1n) is 7.56. The maximum Gasteiger partial charge on any atom is 0.0983 e. The molecule has 0 N–H and O–H groups in total. The van der Waals surface area contributed by atoms with Gasteiger partial charge in [-0.2, -0.15) is 0 Å². The summed E-state index contributed by atoms with van der Waals surface area (Å²) in [6, 6.07) is 5.83. The fraction of sp³-hybridized carbons (Fsp3) is 0.235. The monoisotopic (exact) mass is 430 g/mol. The lowest BCUT2D eigenvalue weighted by molar-refractivity contribution is 0.0369. The van der Waals surface area contributed by atoms with E-state index in [1.807, 2.05) is 36.1 Å². The summed E-state index contributed by atoms with van der Waals surface area (Å²) in [5.41, 5.74) is 2.09. The summed E-state index contributed by atoms with van der Waals surface area (Å²) >= 11 is 21.9. The molecule has 0 bridgehead atoms.